The molecule has 0 spiro atoms. The third-order valence-corrected chi connectivity index (χ3v) is 8.90. The Labute approximate surface area is 162 Å². The molecular formula is C24H31NO2. The number of ketones is 1. The molecule has 0 radical (unpaired) electrons. The van der Waals surface area contributed by atoms with Crippen LogP contribution in [0.2, 0.25) is 0 Å². The lowest BCUT2D eigenvalue weighted by Crippen LogP contribution is -2.55. The van der Waals surface area contributed by atoms with E-state index < -0.39 is 0 Å². The van der Waals surface area contributed by atoms with E-state index in [0.29, 0.717) is 29.6 Å². The van der Waals surface area contributed by atoms with Crippen LogP contribution in [0.15, 0.2) is 18.2 Å². The van der Waals surface area contributed by atoms with Crippen molar-refractivity contribution in [2.24, 2.45) is 35.3 Å². The third kappa shape index (κ3) is 2.53. The van der Waals surface area contributed by atoms with Gasteiger partial charge < -0.3 is 5.73 Å². The molecule has 0 saturated heterocycles. The minimum absolute atomic E-state index is 0.0329. The number of carbonyl (C=O) groups excluding carboxylic acids is 2. The number of primary amides is 1. The van der Waals surface area contributed by atoms with Crippen LogP contribution in [0.5, 0.6) is 0 Å². The first-order valence-electron chi connectivity index (χ1n) is 10.9. The zero-order chi connectivity index (χ0) is 18.8. The predicted molar refractivity (Wildman–Crippen MR) is 105 cm³/mol. The van der Waals surface area contributed by atoms with Gasteiger partial charge in [0.25, 0.3) is 0 Å². The van der Waals surface area contributed by atoms with Crippen LogP contribution in [0.25, 0.3) is 0 Å². The number of nitrogens with two attached hydrogens (primary N) is 1. The Hall–Kier alpha value is -1.64. The van der Waals surface area contributed by atoms with Gasteiger partial charge in [0.05, 0.1) is 0 Å². The summed E-state index contributed by atoms with van der Waals surface area (Å²) in [5.74, 6) is 3.89. The summed E-state index contributed by atoms with van der Waals surface area (Å²) in [4.78, 5) is 24.3. The first-order chi connectivity index (χ1) is 13.0. The Morgan fingerprint density at radius 3 is 2.74 bits per heavy atom. The van der Waals surface area contributed by atoms with E-state index in [1.165, 1.54) is 36.8 Å². The summed E-state index contributed by atoms with van der Waals surface area (Å²) in [6.45, 7) is 2.50. The SMILES string of the molecule is C[C@H](C1CCC1)C1CC[C@]23CC(=O)CC[C@H]2[C@H]1Cc1ccc(C(N)=O)cc13. The van der Waals surface area contributed by atoms with Gasteiger partial charge in [-0.25, -0.2) is 0 Å². The van der Waals surface area contributed by atoms with Gasteiger partial charge in [0, 0.05) is 23.8 Å². The first kappa shape index (κ1) is 17.5. The predicted octanol–water partition coefficient (Wildman–Crippen LogP) is 4.41. The highest BCUT2D eigenvalue weighted by atomic mass is 16.1. The highest BCUT2D eigenvalue weighted by Gasteiger charge is 2.57. The van der Waals surface area contributed by atoms with E-state index in [0.717, 1.165) is 43.4 Å². The van der Waals surface area contributed by atoms with E-state index in [4.69, 9.17) is 5.73 Å². The van der Waals surface area contributed by atoms with Gasteiger partial charge in [0.1, 0.15) is 5.78 Å². The van der Waals surface area contributed by atoms with Crippen LogP contribution < -0.4 is 5.73 Å². The Morgan fingerprint density at radius 1 is 1.22 bits per heavy atom. The second-order valence-electron chi connectivity index (χ2n) is 9.87. The number of benzene rings is 1. The molecule has 1 amide bonds. The standard InChI is InChI=1S/C24H31NO2/c1-14(15-3-2-4-15)19-9-10-24-13-18(26)7-8-21(24)20(19)11-16-5-6-17(23(25)27)12-22(16)24/h5-6,12,14-15,19-21H,2-4,7-11,13H2,1H3,(H2,25,27)/t14-,19?,20+,21+,24+/m1/s1. The van der Waals surface area contributed by atoms with E-state index in [2.05, 4.69) is 13.0 Å². The monoisotopic (exact) mass is 365 g/mol. The third-order valence-electron chi connectivity index (χ3n) is 8.90. The second kappa shape index (κ2) is 6.18. The fourth-order valence-electron chi connectivity index (χ4n) is 7.31. The van der Waals surface area contributed by atoms with Crippen molar-refractivity contribution in [3.63, 3.8) is 0 Å². The smallest absolute Gasteiger partial charge is 0.248 e. The molecule has 5 rings (SSSR count). The van der Waals surface area contributed by atoms with Crippen molar-refractivity contribution in [2.45, 2.75) is 70.1 Å². The summed E-state index contributed by atoms with van der Waals surface area (Å²) in [7, 11) is 0. The van der Waals surface area contributed by atoms with Gasteiger partial charge in [0.2, 0.25) is 5.91 Å². The van der Waals surface area contributed by atoms with E-state index in [1.807, 2.05) is 12.1 Å². The van der Waals surface area contributed by atoms with Crippen LogP contribution in [0.1, 0.15) is 79.8 Å². The van der Waals surface area contributed by atoms with Crippen LogP contribution in [0.3, 0.4) is 0 Å². The molecule has 3 nitrogen and oxygen atoms in total. The Kier molecular flexibility index (Phi) is 4.00. The van der Waals surface area contributed by atoms with Crippen molar-refractivity contribution in [1.82, 2.24) is 0 Å². The fourth-order valence-corrected chi connectivity index (χ4v) is 7.31. The Morgan fingerprint density at radius 2 is 2.04 bits per heavy atom. The molecule has 1 unspecified atom stereocenters. The van der Waals surface area contributed by atoms with Crippen molar-refractivity contribution in [1.29, 1.82) is 0 Å². The normalized spacial score (nSPS) is 36.3. The van der Waals surface area contributed by atoms with Crippen molar-refractivity contribution >= 4 is 11.7 Å². The molecule has 4 aliphatic carbocycles. The number of carbonyl (C=O) groups is 2. The Balaban J connectivity index is 1.58. The molecule has 2 N–H and O–H groups in total. The fraction of sp³-hybridized carbons (Fsp3) is 0.667. The molecule has 0 aromatic heterocycles. The molecular weight excluding hydrogens is 334 g/mol. The van der Waals surface area contributed by atoms with Gasteiger partial charge in [-0.3, -0.25) is 9.59 Å². The molecule has 2 bridgehead atoms. The summed E-state index contributed by atoms with van der Waals surface area (Å²) < 4.78 is 0. The molecule has 1 aromatic carbocycles. The van der Waals surface area contributed by atoms with Crippen LogP contribution in [0.4, 0.5) is 0 Å². The molecule has 3 heteroatoms. The first-order valence-corrected chi connectivity index (χ1v) is 10.9. The van der Waals surface area contributed by atoms with Gasteiger partial charge >= 0.3 is 0 Å². The van der Waals surface area contributed by atoms with E-state index in [-0.39, 0.29) is 11.3 Å². The number of hydrogen-bond donors (Lipinski definition) is 1. The molecule has 4 aliphatic rings. The zero-order valence-corrected chi connectivity index (χ0v) is 16.4. The van der Waals surface area contributed by atoms with Crippen LogP contribution in [0, 0.1) is 29.6 Å². The summed E-state index contributed by atoms with van der Waals surface area (Å²) in [6.07, 6.45) is 10.2. The average molecular weight is 366 g/mol. The number of Topliss-reactive ketones (excluding diaryl/α,β-unsaturated/α-hetero) is 1. The van der Waals surface area contributed by atoms with Gasteiger partial charge in [-0.2, -0.15) is 0 Å². The average Bonchev–Trinajstić information content (AvgIpc) is 2.59. The van der Waals surface area contributed by atoms with Crippen molar-refractivity contribution in [3.8, 4) is 0 Å². The largest absolute Gasteiger partial charge is 0.366 e. The number of hydrogen-bond acceptors (Lipinski definition) is 2. The summed E-state index contributed by atoms with van der Waals surface area (Å²) in [6, 6.07) is 6.06. The summed E-state index contributed by atoms with van der Waals surface area (Å²) in [5.41, 5.74) is 8.80. The quantitative estimate of drug-likeness (QED) is 0.862. The second-order valence-corrected chi connectivity index (χ2v) is 9.87. The van der Waals surface area contributed by atoms with E-state index >= 15 is 0 Å². The lowest BCUT2D eigenvalue weighted by Gasteiger charge is -2.59. The van der Waals surface area contributed by atoms with Crippen molar-refractivity contribution < 1.29 is 9.59 Å². The van der Waals surface area contributed by atoms with Gasteiger partial charge in [-0.1, -0.05) is 32.3 Å². The van der Waals surface area contributed by atoms with E-state index in [9.17, 15) is 9.59 Å². The van der Waals surface area contributed by atoms with Gasteiger partial charge in [0.15, 0.2) is 0 Å². The molecule has 0 aliphatic heterocycles. The summed E-state index contributed by atoms with van der Waals surface area (Å²) >= 11 is 0. The lowest BCUT2D eigenvalue weighted by molar-refractivity contribution is -0.128. The minimum atomic E-state index is -0.359. The van der Waals surface area contributed by atoms with Gasteiger partial charge in [-0.15, -0.1) is 0 Å². The zero-order valence-electron chi connectivity index (χ0n) is 16.4. The highest BCUT2D eigenvalue weighted by Crippen LogP contribution is 2.61. The maximum absolute atomic E-state index is 12.5. The maximum atomic E-state index is 12.5. The highest BCUT2D eigenvalue weighted by molar-refractivity contribution is 5.93. The molecule has 144 valence electrons. The maximum Gasteiger partial charge on any atom is 0.248 e. The summed E-state index contributed by atoms with van der Waals surface area (Å²) in [5, 5.41) is 0. The number of amides is 1. The molecule has 1 aromatic rings. The van der Waals surface area contributed by atoms with Crippen molar-refractivity contribution in [3.05, 3.63) is 34.9 Å². The topological polar surface area (TPSA) is 60.2 Å². The lowest BCUT2D eigenvalue weighted by atomic mass is 9.44. The molecule has 3 fully saturated rings. The van der Waals surface area contributed by atoms with E-state index in [1.54, 1.807) is 0 Å². The van der Waals surface area contributed by atoms with Crippen LogP contribution >= 0.6 is 0 Å². The molecule has 27 heavy (non-hydrogen) atoms. The number of fused-ring (bicyclic) bond motifs is 1. The Bertz CT molecular complexity index is 796. The van der Waals surface area contributed by atoms with Gasteiger partial charge in [-0.05, 0) is 78.5 Å². The molecule has 3 saturated carbocycles. The van der Waals surface area contributed by atoms with Crippen LogP contribution in [-0.4, -0.2) is 11.7 Å². The number of rotatable bonds is 3. The minimum Gasteiger partial charge on any atom is -0.366 e. The molecule has 5 atom stereocenters. The van der Waals surface area contributed by atoms with Crippen molar-refractivity contribution in [2.75, 3.05) is 0 Å². The molecule has 0 heterocycles. The van der Waals surface area contributed by atoms with Crippen LogP contribution in [-0.2, 0) is 16.6 Å².